The number of aromatic nitrogens is 2. The lowest BCUT2D eigenvalue weighted by Crippen LogP contribution is -2.32. The summed E-state index contributed by atoms with van der Waals surface area (Å²) in [5, 5.41) is 27.8. The van der Waals surface area contributed by atoms with Gasteiger partial charge in [-0.1, -0.05) is 48.5 Å². The Morgan fingerprint density at radius 2 is 1.86 bits per heavy atom. The number of benzene rings is 3. The quantitative estimate of drug-likeness (QED) is 0.370. The van der Waals surface area contributed by atoms with E-state index in [-0.39, 0.29) is 24.8 Å². The monoisotopic (exact) mass is 469 g/mol. The second-order valence-electron chi connectivity index (χ2n) is 8.81. The number of amides is 1. The summed E-state index contributed by atoms with van der Waals surface area (Å²) in [6, 6.07) is 20.7. The number of aliphatic hydroxyl groups excluding tert-OH is 1. The van der Waals surface area contributed by atoms with Crippen LogP contribution < -0.4 is 4.74 Å². The lowest BCUT2D eigenvalue weighted by Gasteiger charge is -2.26. The second-order valence-corrected chi connectivity index (χ2v) is 8.81. The highest BCUT2D eigenvalue weighted by molar-refractivity contribution is 6.00. The molecule has 1 atom stereocenters. The van der Waals surface area contributed by atoms with E-state index in [0.717, 1.165) is 22.3 Å². The largest absolute Gasteiger partial charge is 0.507 e. The van der Waals surface area contributed by atoms with E-state index < -0.39 is 6.04 Å². The number of phenols is 1. The van der Waals surface area contributed by atoms with Crippen molar-refractivity contribution in [3.63, 3.8) is 0 Å². The van der Waals surface area contributed by atoms with Crippen LogP contribution in [-0.4, -0.2) is 44.4 Å². The molecule has 3 aromatic carbocycles. The fourth-order valence-electron chi connectivity index (χ4n) is 4.84. The molecular formula is C28H27N3O4. The highest BCUT2D eigenvalue weighted by Gasteiger charge is 2.42. The summed E-state index contributed by atoms with van der Waals surface area (Å²) >= 11 is 0. The number of ether oxygens (including phenoxy) is 1. The summed E-state index contributed by atoms with van der Waals surface area (Å²) in [5.74, 6) is 0.553. The molecular weight excluding hydrogens is 442 g/mol. The van der Waals surface area contributed by atoms with Crippen molar-refractivity contribution in [1.29, 1.82) is 0 Å². The van der Waals surface area contributed by atoms with Gasteiger partial charge in [0.15, 0.2) is 0 Å². The number of H-pyrrole nitrogens is 1. The van der Waals surface area contributed by atoms with Crippen molar-refractivity contribution >= 4 is 5.91 Å². The van der Waals surface area contributed by atoms with E-state index >= 15 is 0 Å². The molecule has 0 spiro atoms. The predicted molar refractivity (Wildman–Crippen MR) is 132 cm³/mol. The molecule has 0 fully saturated rings. The van der Waals surface area contributed by atoms with E-state index in [1.165, 1.54) is 0 Å². The first-order valence-corrected chi connectivity index (χ1v) is 11.5. The maximum Gasteiger partial charge on any atom is 0.273 e. The van der Waals surface area contributed by atoms with Crippen molar-refractivity contribution in [1.82, 2.24) is 15.1 Å². The van der Waals surface area contributed by atoms with Crippen LogP contribution in [0.2, 0.25) is 0 Å². The molecule has 7 heteroatoms. The number of nitrogens with one attached hydrogen (secondary N) is 1. The SMILES string of the molecule is Cc1cc(C)c(-c2n[nH]c3c2C(c2cccc(OCc4ccccc4)c2)N(CCO)C3=O)c(O)c1. The van der Waals surface area contributed by atoms with Gasteiger partial charge in [-0.3, -0.25) is 9.89 Å². The van der Waals surface area contributed by atoms with Gasteiger partial charge in [-0.25, -0.2) is 0 Å². The lowest BCUT2D eigenvalue weighted by atomic mass is 9.93. The van der Waals surface area contributed by atoms with Crippen molar-refractivity contribution in [2.75, 3.05) is 13.2 Å². The highest BCUT2D eigenvalue weighted by atomic mass is 16.5. The molecule has 0 saturated heterocycles. The molecule has 5 rings (SSSR count). The topological polar surface area (TPSA) is 98.7 Å². The minimum atomic E-state index is -0.487. The third-order valence-corrected chi connectivity index (χ3v) is 6.32. The fraction of sp³-hybridized carbons (Fsp3) is 0.214. The van der Waals surface area contributed by atoms with Gasteiger partial charge >= 0.3 is 0 Å². The molecule has 3 N–H and O–H groups in total. The highest BCUT2D eigenvalue weighted by Crippen LogP contribution is 2.45. The van der Waals surface area contributed by atoms with E-state index in [2.05, 4.69) is 10.2 Å². The van der Waals surface area contributed by atoms with Crippen LogP contribution in [-0.2, 0) is 6.61 Å². The number of aromatic amines is 1. The van der Waals surface area contributed by atoms with Crippen molar-refractivity contribution < 1.29 is 19.7 Å². The number of carbonyl (C=O) groups excluding carboxylic acids is 1. The zero-order valence-corrected chi connectivity index (χ0v) is 19.7. The average Bonchev–Trinajstić information content (AvgIpc) is 3.37. The average molecular weight is 470 g/mol. The maximum atomic E-state index is 13.3. The molecule has 0 bridgehead atoms. The van der Waals surface area contributed by atoms with Crippen molar-refractivity contribution in [2.24, 2.45) is 0 Å². The number of carbonyl (C=O) groups is 1. The first-order chi connectivity index (χ1) is 17.0. The standard InChI is InChI=1S/C28H27N3O4/c1-17-13-18(2)23(22(33)14-17)25-24-26(30-29-25)28(34)31(11-12-32)27(24)20-9-6-10-21(15-20)35-16-19-7-4-3-5-8-19/h3-10,13-15,27,32-33H,11-12,16H2,1-2H3,(H,29,30). The van der Waals surface area contributed by atoms with Gasteiger partial charge in [0.05, 0.1) is 12.6 Å². The summed E-state index contributed by atoms with van der Waals surface area (Å²) in [7, 11) is 0. The van der Waals surface area contributed by atoms with Crippen LogP contribution in [0.15, 0.2) is 66.7 Å². The van der Waals surface area contributed by atoms with Crippen LogP contribution in [0.3, 0.4) is 0 Å². The first-order valence-electron chi connectivity index (χ1n) is 11.5. The van der Waals surface area contributed by atoms with Crippen molar-refractivity contribution in [3.8, 4) is 22.8 Å². The number of aryl methyl sites for hydroxylation is 2. The van der Waals surface area contributed by atoms with Crippen LogP contribution in [0.5, 0.6) is 11.5 Å². The van der Waals surface area contributed by atoms with Crippen molar-refractivity contribution in [3.05, 3.63) is 100 Å². The summed E-state index contributed by atoms with van der Waals surface area (Å²) in [5.41, 5.74) is 5.87. The normalized spacial score (nSPS) is 14.9. The van der Waals surface area contributed by atoms with Gasteiger partial charge in [-0.2, -0.15) is 5.10 Å². The Balaban J connectivity index is 1.57. The molecule has 7 nitrogen and oxygen atoms in total. The van der Waals surface area contributed by atoms with Gasteiger partial charge < -0.3 is 19.8 Å². The van der Waals surface area contributed by atoms with E-state index in [4.69, 9.17) is 4.74 Å². The van der Waals surface area contributed by atoms with Crippen LogP contribution in [0, 0.1) is 13.8 Å². The predicted octanol–water partition coefficient (Wildman–Crippen LogP) is 4.52. The van der Waals surface area contributed by atoms with Crippen molar-refractivity contribution in [2.45, 2.75) is 26.5 Å². The third kappa shape index (κ3) is 4.15. The molecule has 1 aliphatic heterocycles. The molecule has 1 amide bonds. The number of phenolic OH excluding ortho intramolecular Hbond substituents is 1. The molecule has 178 valence electrons. The Labute approximate surface area is 203 Å². The number of β-amino-alcohol motifs (C(OH)–C–C–N with tert-alkyl or cyclic N) is 1. The van der Waals surface area contributed by atoms with Gasteiger partial charge in [-0.05, 0) is 54.3 Å². The lowest BCUT2D eigenvalue weighted by molar-refractivity contribution is 0.0706. The van der Waals surface area contributed by atoms with Gasteiger partial charge in [0, 0.05) is 17.7 Å². The molecule has 1 unspecified atom stereocenters. The Hall–Kier alpha value is -4.10. The Morgan fingerprint density at radius 3 is 2.60 bits per heavy atom. The Bertz CT molecular complexity index is 1360. The zero-order chi connectivity index (χ0) is 24.5. The third-order valence-electron chi connectivity index (χ3n) is 6.32. The Morgan fingerprint density at radius 1 is 1.06 bits per heavy atom. The molecule has 0 saturated carbocycles. The zero-order valence-electron chi connectivity index (χ0n) is 19.7. The van der Waals surface area contributed by atoms with E-state index in [9.17, 15) is 15.0 Å². The van der Waals surface area contributed by atoms with E-state index in [1.54, 1.807) is 11.0 Å². The molecule has 2 heterocycles. The van der Waals surface area contributed by atoms with Crippen LogP contribution in [0.1, 0.15) is 44.3 Å². The Kier molecular flexibility index (Phi) is 6.01. The van der Waals surface area contributed by atoms with Crippen LogP contribution in [0.4, 0.5) is 0 Å². The molecule has 0 radical (unpaired) electrons. The van der Waals surface area contributed by atoms with Gasteiger partial charge in [-0.15, -0.1) is 0 Å². The number of fused-ring (bicyclic) bond motifs is 1. The fourth-order valence-corrected chi connectivity index (χ4v) is 4.84. The van der Waals surface area contributed by atoms with Gasteiger partial charge in [0.2, 0.25) is 0 Å². The van der Waals surface area contributed by atoms with Crippen LogP contribution >= 0.6 is 0 Å². The summed E-state index contributed by atoms with van der Waals surface area (Å²) in [6.45, 7) is 4.25. The minimum absolute atomic E-state index is 0.114. The molecule has 1 aromatic heterocycles. The minimum Gasteiger partial charge on any atom is -0.507 e. The molecule has 0 aliphatic carbocycles. The summed E-state index contributed by atoms with van der Waals surface area (Å²) in [4.78, 5) is 14.9. The summed E-state index contributed by atoms with van der Waals surface area (Å²) < 4.78 is 6.03. The number of nitrogens with zero attached hydrogens (tertiary/aromatic N) is 2. The number of hydrogen-bond acceptors (Lipinski definition) is 5. The second kappa shape index (κ2) is 9.27. The van der Waals surface area contributed by atoms with Gasteiger partial charge in [0.25, 0.3) is 5.91 Å². The number of aromatic hydroxyl groups is 1. The number of rotatable bonds is 7. The molecule has 1 aliphatic rings. The van der Waals surface area contributed by atoms with Gasteiger partial charge in [0.1, 0.15) is 29.5 Å². The van der Waals surface area contributed by atoms with E-state index in [1.807, 2.05) is 74.5 Å². The van der Waals surface area contributed by atoms with Crippen LogP contribution in [0.25, 0.3) is 11.3 Å². The number of hydrogen-bond donors (Lipinski definition) is 3. The maximum absolute atomic E-state index is 13.3. The molecule has 4 aromatic rings. The summed E-state index contributed by atoms with van der Waals surface area (Å²) in [6.07, 6.45) is 0. The number of aliphatic hydroxyl groups is 1. The first kappa shape index (κ1) is 22.7. The van der Waals surface area contributed by atoms with E-state index in [0.29, 0.717) is 34.9 Å². The smallest absolute Gasteiger partial charge is 0.273 e. The molecule has 35 heavy (non-hydrogen) atoms.